The first-order valence-electron chi connectivity index (χ1n) is 9.92. The predicted molar refractivity (Wildman–Crippen MR) is 128 cm³/mol. The lowest BCUT2D eigenvalue weighted by Gasteiger charge is -2.10. The van der Waals surface area contributed by atoms with Crippen LogP contribution in [0.3, 0.4) is 0 Å². The Morgan fingerprint density at radius 1 is 1.21 bits per heavy atom. The maximum atomic E-state index is 12.4. The number of hydrogen-bond acceptors (Lipinski definition) is 7. The van der Waals surface area contributed by atoms with Crippen molar-refractivity contribution in [2.75, 3.05) is 11.1 Å². The van der Waals surface area contributed by atoms with Crippen LogP contribution in [0.1, 0.15) is 28.7 Å². The zero-order chi connectivity index (χ0) is 24.0. The van der Waals surface area contributed by atoms with Crippen LogP contribution in [-0.2, 0) is 17.9 Å². The van der Waals surface area contributed by atoms with Gasteiger partial charge >= 0.3 is 0 Å². The highest BCUT2D eigenvalue weighted by molar-refractivity contribution is 9.10. The second-order valence-electron chi connectivity index (χ2n) is 6.93. The number of aryl methyl sites for hydroxylation is 1. The summed E-state index contributed by atoms with van der Waals surface area (Å²) < 4.78 is 2.74. The summed E-state index contributed by atoms with van der Waals surface area (Å²) in [6.07, 6.45) is 0. The van der Waals surface area contributed by atoms with Crippen molar-refractivity contribution in [2.24, 2.45) is 0 Å². The molecule has 0 saturated carbocycles. The molecule has 172 valence electrons. The van der Waals surface area contributed by atoms with Gasteiger partial charge in [0.2, 0.25) is 5.91 Å². The van der Waals surface area contributed by atoms with E-state index in [1.54, 1.807) is 4.57 Å². The molecule has 0 atom stereocenters. The summed E-state index contributed by atoms with van der Waals surface area (Å²) in [5, 5.41) is 25.3. The summed E-state index contributed by atoms with van der Waals surface area (Å²) in [4.78, 5) is 35.1. The second kappa shape index (κ2) is 11.1. The van der Waals surface area contributed by atoms with Gasteiger partial charge in [0.05, 0.1) is 17.2 Å². The molecule has 0 saturated heterocycles. The van der Waals surface area contributed by atoms with Crippen LogP contribution in [0.25, 0.3) is 0 Å². The molecule has 2 amide bonds. The van der Waals surface area contributed by atoms with Crippen LogP contribution < -0.4 is 10.6 Å². The molecule has 0 aliphatic heterocycles. The number of non-ortho nitro benzene ring substituents is 1. The van der Waals surface area contributed by atoms with Crippen LogP contribution in [0.15, 0.2) is 52.1 Å². The Morgan fingerprint density at radius 2 is 2.00 bits per heavy atom. The molecule has 0 spiro atoms. The molecule has 0 bridgehead atoms. The molecule has 0 aliphatic rings. The largest absolute Gasteiger partial charge is 0.345 e. The Labute approximate surface area is 202 Å². The third kappa shape index (κ3) is 6.39. The Hall–Kier alpha value is -3.25. The van der Waals surface area contributed by atoms with Crippen LogP contribution in [-0.4, -0.2) is 37.3 Å². The minimum Gasteiger partial charge on any atom is -0.345 e. The minimum atomic E-state index is -0.553. The maximum absolute atomic E-state index is 12.4. The Kier molecular flexibility index (Phi) is 8.17. The number of nitrogens with one attached hydrogen (secondary N) is 2. The van der Waals surface area contributed by atoms with Crippen molar-refractivity contribution < 1.29 is 14.5 Å². The number of nitro groups is 1. The van der Waals surface area contributed by atoms with Gasteiger partial charge in [0.1, 0.15) is 0 Å². The van der Waals surface area contributed by atoms with Crippen molar-refractivity contribution in [1.29, 1.82) is 0 Å². The SMILES string of the molecule is CCn1c(CNC(=O)c2cccc([N+](=O)[O-])c2)nnc1SCC(=O)Nc1ccc(Br)cc1C. The molecule has 1 aromatic heterocycles. The number of carbonyl (C=O) groups is 2. The van der Waals surface area contributed by atoms with Crippen molar-refractivity contribution in [2.45, 2.75) is 32.1 Å². The maximum Gasteiger partial charge on any atom is 0.270 e. The predicted octanol–water partition coefficient (Wildman–Crippen LogP) is 3.94. The number of amides is 2. The molecule has 2 N–H and O–H groups in total. The fourth-order valence-electron chi connectivity index (χ4n) is 2.98. The number of hydrogen-bond donors (Lipinski definition) is 2. The number of anilines is 1. The van der Waals surface area contributed by atoms with E-state index in [1.807, 2.05) is 32.0 Å². The number of thioether (sulfide) groups is 1. The zero-order valence-electron chi connectivity index (χ0n) is 17.9. The molecule has 12 heteroatoms. The lowest BCUT2D eigenvalue weighted by molar-refractivity contribution is -0.384. The fraction of sp³-hybridized carbons (Fsp3) is 0.238. The van der Waals surface area contributed by atoms with E-state index in [1.165, 1.54) is 36.0 Å². The van der Waals surface area contributed by atoms with Gasteiger partial charge in [0.25, 0.3) is 11.6 Å². The molecule has 10 nitrogen and oxygen atoms in total. The highest BCUT2D eigenvalue weighted by atomic mass is 79.9. The van der Waals surface area contributed by atoms with E-state index in [0.29, 0.717) is 17.5 Å². The van der Waals surface area contributed by atoms with Crippen LogP contribution in [0.4, 0.5) is 11.4 Å². The Morgan fingerprint density at radius 3 is 2.70 bits per heavy atom. The van der Waals surface area contributed by atoms with Crippen molar-refractivity contribution in [1.82, 2.24) is 20.1 Å². The molecule has 0 aliphatic carbocycles. The molecular formula is C21H21BrN6O4S. The summed E-state index contributed by atoms with van der Waals surface area (Å²) in [5.74, 6) is 0.0376. The van der Waals surface area contributed by atoms with Gasteiger partial charge in [-0.05, 0) is 43.7 Å². The van der Waals surface area contributed by atoms with Crippen molar-refractivity contribution in [3.63, 3.8) is 0 Å². The minimum absolute atomic E-state index is 0.0905. The molecule has 33 heavy (non-hydrogen) atoms. The van der Waals surface area contributed by atoms with Crippen LogP contribution >= 0.6 is 27.7 Å². The lowest BCUT2D eigenvalue weighted by atomic mass is 10.2. The van der Waals surface area contributed by atoms with Gasteiger partial charge in [0, 0.05) is 34.4 Å². The van der Waals surface area contributed by atoms with Crippen molar-refractivity contribution in [3.8, 4) is 0 Å². The third-order valence-electron chi connectivity index (χ3n) is 4.63. The normalized spacial score (nSPS) is 10.6. The highest BCUT2D eigenvalue weighted by Crippen LogP contribution is 2.22. The molecule has 3 aromatic rings. The topological polar surface area (TPSA) is 132 Å². The van der Waals surface area contributed by atoms with E-state index in [9.17, 15) is 19.7 Å². The van der Waals surface area contributed by atoms with E-state index in [2.05, 4.69) is 36.8 Å². The van der Waals surface area contributed by atoms with Gasteiger partial charge in [-0.1, -0.05) is 33.8 Å². The summed E-state index contributed by atoms with van der Waals surface area (Å²) in [5.41, 5.74) is 1.71. The van der Waals surface area contributed by atoms with Crippen molar-refractivity contribution >= 4 is 50.9 Å². The summed E-state index contributed by atoms with van der Waals surface area (Å²) in [6, 6.07) is 11.1. The monoisotopic (exact) mass is 532 g/mol. The standard InChI is InChI=1S/C21H21BrN6O4S/c1-3-27-18(11-23-20(30)14-5-4-6-16(10-14)28(31)32)25-26-21(27)33-12-19(29)24-17-8-7-15(22)9-13(17)2/h4-10H,3,11-12H2,1-2H3,(H,23,30)(H,24,29). The summed E-state index contributed by atoms with van der Waals surface area (Å²) in [7, 11) is 0. The van der Waals surface area contributed by atoms with Crippen LogP contribution in [0.2, 0.25) is 0 Å². The quantitative estimate of drug-likeness (QED) is 0.242. The van der Waals surface area contributed by atoms with E-state index < -0.39 is 10.8 Å². The third-order valence-corrected chi connectivity index (χ3v) is 6.09. The number of halogens is 1. The molecule has 2 aromatic carbocycles. The number of rotatable bonds is 9. The second-order valence-corrected chi connectivity index (χ2v) is 8.79. The van der Waals surface area contributed by atoms with Gasteiger partial charge in [-0.2, -0.15) is 0 Å². The first-order chi connectivity index (χ1) is 15.8. The Balaban J connectivity index is 1.59. The van der Waals surface area contributed by atoms with Gasteiger partial charge < -0.3 is 15.2 Å². The number of nitro benzene ring substituents is 1. The fourth-order valence-corrected chi connectivity index (χ4v) is 4.28. The van der Waals surface area contributed by atoms with Gasteiger partial charge in [-0.3, -0.25) is 19.7 Å². The Bertz CT molecular complexity index is 1200. The van der Waals surface area contributed by atoms with Crippen molar-refractivity contribution in [3.05, 3.63) is 74.0 Å². The molecule has 0 radical (unpaired) electrons. The molecular weight excluding hydrogens is 512 g/mol. The average molecular weight is 533 g/mol. The molecule has 1 heterocycles. The van der Waals surface area contributed by atoms with E-state index in [0.717, 1.165) is 15.7 Å². The molecule has 3 rings (SSSR count). The first kappa shape index (κ1) is 24.4. The van der Waals surface area contributed by atoms with Crippen LogP contribution in [0.5, 0.6) is 0 Å². The smallest absolute Gasteiger partial charge is 0.270 e. The van der Waals surface area contributed by atoms with Gasteiger partial charge in [0.15, 0.2) is 11.0 Å². The lowest BCUT2D eigenvalue weighted by Crippen LogP contribution is -2.25. The number of nitrogens with zero attached hydrogens (tertiary/aromatic N) is 4. The summed E-state index contributed by atoms with van der Waals surface area (Å²) >= 11 is 4.64. The molecule has 0 unspecified atom stereocenters. The highest BCUT2D eigenvalue weighted by Gasteiger charge is 2.16. The summed E-state index contributed by atoms with van der Waals surface area (Å²) in [6.45, 7) is 4.46. The van der Waals surface area contributed by atoms with Crippen LogP contribution in [0, 0.1) is 17.0 Å². The number of benzene rings is 2. The average Bonchev–Trinajstić information content (AvgIpc) is 3.19. The number of aromatic nitrogens is 3. The first-order valence-corrected chi connectivity index (χ1v) is 11.7. The van der Waals surface area contributed by atoms with E-state index >= 15 is 0 Å². The van der Waals surface area contributed by atoms with Gasteiger partial charge in [-0.15, -0.1) is 10.2 Å². The molecule has 0 fully saturated rings. The van der Waals surface area contributed by atoms with E-state index in [4.69, 9.17) is 0 Å². The zero-order valence-corrected chi connectivity index (χ0v) is 20.3. The van der Waals surface area contributed by atoms with Gasteiger partial charge in [-0.25, -0.2) is 0 Å². The number of carbonyl (C=O) groups excluding carboxylic acids is 2. The van der Waals surface area contributed by atoms with E-state index in [-0.39, 0.29) is 29.5 Å².